The van der Waals surface area contributed by atoms with Crippen molar-refractivity contribution in [3.8, 4) is 0 Å². The van der Waals surface area contributed by atoms with E-state index in [-0.39, 0.29) is 5.69 Å². The number of nitrogens with zero attached hydrogens (tertiary/aromatic N) is 1. The van der Waals surface area contributed by atoms with Crippen molar-refractivity contribution >= 4 is 22.8 Å². The number of alkyl halides is 3. The van der Waals surface area contributed by atoms with Crippen LogP contribution in [0.5, 0.6) is 0 Å². The lowest BCUT2D eigenvalue weighted by molar-refractivity contribution is -0.137. The summed E-state index contributed by atoms with van der Waals surface area (Å²) in [5.74, 6) is 0. The molecule has 5 heteroatoms. The zero-order valence-electron chi connectivity index (χ0n) is 10.9. The largest absolute Gasteiger partial charge is 0.416 e. The Morgan fingerprint density at radius 1 is 1.00 bits per heavy atom. The number of benzene rings is 2. The van der Waals surface area contributed by atoms with E-state index in [1.807, 2.05) is 24.3 Å². The molecule has 0 bridgehead atoms. The average Bonchev–Trinajstić information content (AvgIpc) is 2.88. The van der Waals surface area contributed by atoms with Gasteiger partial charge in [-0.05, 0) is 24.3 Å². The maximum Gasteiger partial charge on any atom is 0.416 e. The number of hydrogen-bond donors (Lipinski definition) is 1. The molecule has 0 amide bonds. The second-order valence-electron chi connectivity index (χ2n) is 4.60. The van der Waals surface area contributed by atoms with Crippen LogP contribution in [0.25, 0.3) is 10.9 Å². The number of rotatable bonds is 2. The molecule has 0 aliphatic carbocycles. The number of aromatic nitrogens is 1. The second kappa shape index (κ2) is 5.09. The van der Waals surface area contributed by atoms with Crippen LogP contribution in [-0.4, -0.2) is 11.2 Å². The van der Waals surface area contributed by atoms with Crippen molar-refractivity contribution in [2.45, 2.75) is 6.18 Å². The predicted octanol–water partition coefficient (Wildman–Crippen LogP) is 4.94. The maximum absolute atomic E-state index is 12.6. The van der Waals surface area contributed by atoms with Crippen LogP contribution in [0.15, 0.2) is 59.7 Å². The minimum Gasteiger partial charge on any atom is -0.361 e. The highest BCUT2D eigenvalue weighted by molar-refractivity contribution is 5.99. The molecule has 0 spiro atoms. The van der Waals surface area contributed by atoms with Gasteiger partial charge in [-0.15, -0.1) is 0 Å². The first-order chi connectivity index (χ1) is 10.0. The van der Waals surface area contributed by atoms with E-state index in [1.165, 1.54) is 6.07 Å². The quantitative estimate of drug-likeness (QED) is 0.647. The van der Waals surface area contributed by atoms with E-state index in [9.17, 15) is 13.2 Å². The summed E-state index contributed by atoms with van der Waals surface area (Å²) in [4.78, 5) is 7.22. The predicted molar refractivity (Wildman–Crippen MR) is 77.0 cm³/mol. The highest BCUT2D eigenvalue weighted by atomic mass is 19.4. The Kier molecular flexibility index (Phi) is 3.25. The summed E-state index contributed by atoms with van der Waals surface area (Å²) in [5, 5.41) is 0.980. The second-order valence-corrected chi connectivity index (χ2v) is 4.60. The Morgan fingerprint density at radius 3 is 2.62 bits per heavy atom. The van der Waals surface area contributed by atoms with Crippen LogP contribution >= 0.6 is 0 Å². The topological polar surface area (TPSA) is 28.1 Å². The first-order valence-corrected chi connectivity index (χ1v) is 6.31. The lowest BCUT2D eigenvalue weighted by atomic mass is 10.2. The SMILES string of the molecule is FC(F)(F)c1cccc(/N=C/c2c[nH]c3ccccc23)c1. The molecule has 0 fully saturated rings. The van der Waals surface area contributed by atoms with Crippen LogP contribution in [0.2, 0.25) is 0 Å². The van der Waals surface area contributed by atoms with E-state index in [0.29, 0.717) is 0 Å². The Balaban J connectivity index is 1.93. The van der Waals surface area contributed by atoms with Crippen LogP contribution in [0.3, 0.4) is 0 Å². The molecule has 1 N–H and O–H groups in total. The Labute approximate surface area is 119 Å². The van der Waals surface area contributed by atoms with E-state index >= 15 is 0 Å². The lowest BCUT2D eigenvalue weighted by Gasteiger charge is -2.06. The molecule has 21 heavy (non-hydrogen) atoms. The standard InChI is InChI=1S/C16H11F3N2/c17-16(18,19)12-4-3-5-13(8-12)20-9-11-10-21-15-7-2-1-6-14(11)15/h1-10,21H/b20-9+. The van der Waals surface area contributed by atoms with Crippen LogP contribution in [-0.2, 0) is 6.18 Å². The van der Waals surface area contributed by atoms with Crippen LogP contribution in [0.4, 0.5) is 18.9 Å². The molecule has 0 saturated heterocycles. The van der Waals surface area contributed by atoms with Gasteiger partial charge in [0.2, 0.25) is 0 Å². The van der Waals surface area contributed by atoms with Gasteiger partial charge in [-0.2, -0.15) is 13.2 Å². The van der Waals surface area contributed by atoms with Gasteiger partial charge in [0.05, 0.1) is 11.3 Å². The summed E-state index contributed by atoms with van der Waals surface area (Å²) in [7, 11) is 0. The molecule has 0 unspecified atom stereocenters. The van der Waals surface area contributed by atoms with E-state index in [2.05, 4.69) is 9.98 Å². The van der Waals surface area contributed by atoms with Gasteiger partial charge in [0.25, 0.3) is 0 Å². The first-order valence-electron chi connectivity index (χ1n) is 6.31. The number of hydrogen-bond acceptors (Lipinski definition) is 1. The zero-order valence-corrected chi connectivity index (χ0v) is 10.9. The molecular formula is C16H11F3N2. The van der Waals surface area contributed by atoms with Gasteiger partial charge in [0.15, 0.2) is 0 Å². The molecule has 2 nitrogen and oxygen atoms in total. The lowest BCUT2D eigenvalue weighted by Crippen LogP contribution is -2.03. The fourth-order valence-electron chi connectivity index (χ4n) is 2.11. The number of H-pyrrole nitrogens is 1. The Hall–Kier alpha value is -2.56. The molecule has 0 aliphatic heterocycles. The van der Waals surface area contributed by atoms with Crippen LogP contribution in [0.1, 0.15) is 11.1 Å². The van der Waals surface area contributed by atoms with Crippen molar-refractivity contribution in [1.29, 1.82) is 0 Å². The maximum atomic E-state index is 12.6. The van der Waals surface area contributed by atoms with Gasteiger partial charge in [-0.25, -0.2) is 0 Å². The van der Waals surface area contributed by atoms with Crippen molar-refractivity contribution in [1.82, 2.24) is 4.98 Å². The molecule has 1 heterocycles. The molecule has 3 aromatic rings. The van der Waals surface area contributed by atoms with Gasteiger partial charge >= 0.3 is 6.18 Å². The highest BCUT2D eigenvalue weighted by Crippen LogP contribution is 2.31. The molecule has 0 saturated carbocycles. The number of fused-ring (bicyclic) bond motifs is 1. The highest BCUT2D eigenvalue weighted by Gasteiger charge is 2.30. The van der Waals surface area contributed by atoms with Crippen molar-refractivity contribution in [3.63, 3.8) is 0 Å². The number of aliphatic imine (C=N–C) groups is 1. The molecule has 0 radical (unpaired) electrons. The molecule has 106 valence electrons. The smallest absolute Gasteiger partial charge is 0.361 e. The molecular weight excluding hydrogens is 277 g/mol. The van der Waals surface area contributed by atoms with Crippen molar-refractivity contribution in [2.24, 2.45) is 4.99 Å². The summed E-state index contributed by atoms with van der Waals surface area (Å²) >= 11 is 0. The van der Waals surface area contributed by atoms with Gasteiger partial charge in [0.1, 0.15) is 0 Å². The first kappa shape index (κ1) is 13.4. The number of halogens is 3. The van der Waals surface area contributed by atoms with Gasteiger partial charge < -0.3 is 4.98 Å². The summed E-state index contributed by atoms with van der Waals surface area (Å²) in [5.41, 5.74) is 1.37. The number of aromatic amines is 1. The Morgan fingerprint density at radius 2 is 1.81 bits per heavy atom. The molecule has 2 aromatic carbocycles. The third kappa shape index (κ3) is 2.81. The Bertz CT molecular complexity index is 800. The minimum absolute atomic E-state index is 0.273. The molecule has 0 atom stereocenters. The molecule has 0 aliphatic rings. The van der Waals surface area contributed by atoms with Crippen LogP contribution in [0, 0.1) is 0 Å². The van der Waals surface area contributed by atoms with E-state index in [0.717, 1.165) is 28.6 Å². The zero-order chi connectivity index (χ0) is 14.9. The third-order valence-corrected chi connectivity index (χ3v) is 3.15. The molecule has 1 aromatic heterocycles. The van der Waals surface area contributed by atoms with Crippen molar-refractivity contribution in [2.75, 3.05) is 0 Å². The van der Waals surface area contributed by atoms with E-state index in [1.54, 1.807) is 18.5 Å². The summed E-state index contributed by atoms with van der Waals surface area (Å²) < 4.78 is 37.9. The van der Waals surface area contributed by atoms with Gasteiger partial charge in [-0.1, -0.05) is 24.3 Å². The van der Waals surface area contributed by atoms with E-state index in [4.69, 9.17) is 0 Å². The van der Waals surface area contributed by atoms with Crippen molar-refractivity contribution < 1.29 is 13.2 Å². The number of para-hydroxylation sites is 1. The normalized spacial score (nSPS) is 12.3. The number of nitrogens with one attached hydrogen (secondary N) is 1. The third-order valence-electron chi connectivity index (χ3n) is 3.15. The molecule has 3 rings (SSSR count). The summed E-state index contributed by atoms with van der Waals surface area (Å²) in [6.07, 6.45) is -1.01. The van der Waals surface area contributed by atoms with Crippen molar-refractivity contribution in [3.05, 3.63) is 65.9 Å². The van der Waals surface area contributed by atoms with Crippen LogP contribution < -0.4 is 0 Å². The average molecular weight is 288 g/mol. The van der Waals surface area contributed by atoms with Gasteiger partial charge in [-0.3, -0.25) is 4.99 Å². The minimum atomic E-state index is -4.35. The fourth-order valence-corrected chi connectivity index (χ4v) is 2.11. The summed E-state index contributed by atoms with van der Waals surface area (Å²) in [6.45, 7) is 0. The summed E-state index contributed by atoms with van der Waals surface area (Å²) in [6, 6.07) is 12.6. The van der Waals surface area contributed by atoms with Gasteiger partial charge in [0, 0.05) is 28.9 Å². The van der Waals surface area contributed by atoms with E-state index < -0.39 is 11.7 Å². The monoisotopic (exact) mass is 288 g/mol. The fraction of sp³-hybridized carbons (Fsp3) is 0.0625.